The maximum Gasteiger partial charge on any atom is 0.0946 e. The summed E-state index contributed by atoms with van der Waals surface area (Å²) in [5.74, 6) is 0. The van der Waals surface area contributed by atoms with Gasteiger partial charge in [0.1, 0.15) is 0 Å². The molecule has 3 nitrogen and oxygen atoms in total. The molecule has 1 aliphatic carbocycles. The molecule has 0 aliphatic heterocycles. The van der Waals surface area contributed by atoms with Crippen LogP contribution in [0.5, 0.6) is 0 Å². The molecular formula is C13H21N3. The highest BCUT2D eigenvalue weighted by Crippen LogP contribution is 2.16. The molecule has 0 unspecified atom stereocenters. The molecule has 0 saturated heterocycles. The lowest BCUT2D eigenvalue weighted by Crippen LogP contribution is -2.31. The zero-order chi connectivity index (χ0) is 11.2. The van der Waals surface area contributed by atoms with Gasteiger partial charge < -0.3 is 9.88 Å². The summed E-state index contributed by atoms with van der Waals surface area (Å²) in [4.78, 5) is 4.05. The zero-order valence-electron chi connectivity index (χ0n) is 10.0. The molecule has 2 rings (SSSR count). The largest absolute Gasteiger partial charge is 0.336 e. The minimum Gasteiger partial charge on any atom is -0.336 e. The monoisotopic (exact) mass is 219 g/mol. The second kappa shape index (κ2) is 5.85. The Labute approximate surface area is 97.6 Å². The lowest BCUT2D eigenvalue weighted by molar-refractivity contribution is 0.487. The van der Waals surface area contributed by atoms with Crippen molar-refractivity contribution in [2.75, 3.05) is 6.54 Å². The highest BCUT2D eigenvalue weighted by atomic mass is 15.1. The Morgan fingerprint density at radius 1 is 1.50 bits per heavy atom. The highest BCUT2D eigenvalue weighted by Gasteiger charge is 2.06. The summed E-state index contributed by atoms with van der Waals surface area (Å²) in [5.41, 5.74) is 1.59. The van der Waals surface area contributed by atoms with E-state index in [0.29, 0.717) is 6.04 Å². The maximum atomic E-state index is 4.05. The van der Waals surface area contributed by atoms with E-state index in [2.05, 4.69) is 27.9 Å². The molecule has 1 aromatic heterocycles. The van der Waals surface area contributed by atoms with Crippen LogP contribution in [0.15, 0.2) is 30.4 Å². The normalized spacial score (nSPS) is 18.2. The van der Waals surface area contributed by atoms with E-state index in [1.807, 2.05) is 18.7 Å². The lowest BCUT2D eigenvalue weighted by Gasteiger charge is -2.18. The molecule has 1 aliphatic rings. The standard InChI is InChI=1S/C13H21N3/c1-12(10-16-8-7-14-11-16)15-9-13-5-3-2-4-6-13/h5,7-8,11-12,15H,2-4,6,9-10H2,1H3/t12-/m1/s1. The molecule has 0 aromatic carbocycles. The minimum atomic E-state index is 0.497. The first-order valence-electron chi connectivity index (χ1n) is 6.21. The van der Waals surface area contributed by atoms with Crippen LogP contribution in [0.1, 0.15) is 32.6 Å². The van der Waals surface area contributed by atoms with Crippen molar-refractivity contribution in [3.63, 3.8) is 0 Å². The molecule has 0 amide bonds. The van der Waals surface area contributed by atoms with Crippen molar-refractivity contribution in [2.24, 2.45) is 0 Å². The number of imidazole rings is 1. The van der Waals surface area contributed by atoms with Gasteiger partial charge in [0.05, 0.1) is 6.33 Å². The van der Waals surface area contributed by atoms with Crippen molar-refractivity contribution in [1.29, 1.82) is 0 Å². The van der Waals surface area contributed by atoms with Gasteiger partial charge in [-0.15, -0.1) is 0 Å². The quantitative estimate of drug-likeness (QED) is 0.770. The molecule has 1 aromatic rings. The van der Waals surface area contributed by atoms with Gasteiger partial charge in [0.15, 0.2) is 0 Å². The van der Waals surface area contributed by atoms with E-state index in [-0.39, 0.29) is 0 Å². The van der Waals surface area contributed by atoms with E-state index in [1.54, 1.807) is 5.57 Å². The van der Waals surface area contributed by atoms with E-state index in [9.17, 15) is 0 Å². The Balaban J connectivity index is 1.71. The summed E-state index contributed by atoms with van der Waals surface area (Å²) in [5, 5.41) is 3.57. The molecule has 1 N–H and O–H groups in total. The first kappa shape index (κ1) is 11.4. The van der Waals surface area contributed by atoms with Gasteiger partial charge in [0.25, 0.3) is 0 Å². The lowest BCUT2D eigenvalue weighted by atomic mass is 9.99. The summed E-state index contributed by atoms with van der Waals surface area (Å²) in [6, 6.07) is 0.497. The van der Waals surface area contributed by atoms with Gasteiger partial charge in [0.2, 0.25) is 0 Å². The number of allylic oxidation sites excluding steroid dienone is 1. The highest BCUT2D eigenvalue weighted by molar-refractivity contribution is 5.06. The van der Waals surface area contributed by atoms with Crippen LogP contribution in [0.4, 0.5) is 0 Å². The fourth-order valence-corrected chi connectivity index (χ4v) is 2.15. The predicted octanol–water partition coefficient (Wildman–Crippen LogP) is 2.36. The van der Waals surface area contributed by atoms with Crippen LogP contribution in [0.3, 0.4) is 0 Å². The van der Waals surface area contributed by atoms with Gasteiger partial charge >= 0.3 is 0 Å². The summed E-state index contributed by atoms with van der Waals surface area (Å²) in [6.45, 7) is 4.27. The third kappa shape index (κ3) is 3.49. The van der Waals surface area contributed by atoms with Gasteiger partial charge in [-0.1, -0.05) is 11.6 Å². The number of nitrogens with zero attached hydrogens (tertiary/aromatic N) is 2. The van der Waals surface area contributed by atoms with Gasteiger partial charge in [-0.25, -0.2) is 4.98 Å². The zero-order valence-corrected chi connectivity index (χ0v) is 10.0. The minimum absolute atomic E-state index is 0.497. The molecule has 0 saturated carbocycles. The molecule has 1 atom stereocenters. The molecule has 0 spiro atoms. The van der Waals surface area contributed by atoms with Crippen molar-refractivity contribution in [1.82, 2.24) is 14.9 Å². The molecule has 3 heteroatoms. The number of aromatic nitrogens is 2. The Kier molecular flexibility index (Phi) is 4.17. The molecule has 16 heavy (non-hydrogen) atoms. The van der Waals surface area contributed by atoms with E-state index in [4.69, 9.17) is 0 Å². The van der Waals surface area contributed by atoms with Gasteiger partial charge in [-0.2, -0.15) is 0 Å². The van der Waals surface area contributed by atoms with Crippen molar-refractivity contribution >= 4 is 0 Å². The van der Waals surface area contributed by atoms with Gasteiger partial charge in [-0.3, -0.25) is 0 Å². The van der Waals surface area contributed by atoms with Crippen molar-refractivity contribution < 1.29 is 0 Å². The van der Waals surface area contributed by atoms with Crippen LogP contribution in [0, 0.1) is 0 Å². The van der Waals surface area contributed by atoms with Crippen LogP contribution in [-0.2, 0) is 6.54 Å². The Morgan fingerprint density at radius 3 is 3.12 bits per heavy atom. The van der Waals surface area contributed by atoms with Gasteiger partial charge in [-0.05, 0) is 32.6 Å². The summed E-state index contributed by atoms with van der Waals surface area (Å²) in [7, 11) is 0. The topological polar surface area (TPSA) is 29.9 Å². The Hall–Kier alpha value is -1.09. The molecular weight excluding hydrogens is 198 g/mol. The number of rotatable bonds is 5. The predicted molar refractivity (Wildman–Crippen MR) is 66.2 cm³/mol. The average Bonchev–Trinajstić information content (AvgIpc) is 2.81. The van der Waals surface area contributed by atoms with Crippen molar-refractivity contribution in [2.45, 2.75) is 45.2 Å². The van der Waals surface area contributed by atoms with Crippen molar-refractivity contribution in [3.05, 3.63) is 30.4 Å². The van der Waals surface area contributed by atoms with Crippen LogP contribution >= 0.6 is 0 Å². The van der Waals surface area contributed by atoms with E-state index < -0.39 is 0 Å². The first-order chi connectivity index (χ1) is 7.84. The van der Waals surface area contributed by atoms with Gasteiger partial charge in [0, 0.05) is 31.5 Å². The van der Waals surface area contributed by atoms with E-state index in [1.165, 1.54) is 25.7 Å². The number of hydrogen-bond donors (Lipinski definition) is 1. The number of hydrogen-bond acceptors (Lipinski definition) is 2. The number of nitrogens with one attached hydrogen (secondary N) is 1. The smallest absolute Gasteiger partial charge is 0.0946 e. The Bertz CT molecular complexity index is 327. The fourth-order valence-electron chi connectivity index (χ4n) is 2.15. The molecule has 1 heterocycles. The van der Waals surface area contributed by atoms with E-state index in [0.717, 1.165) is 13.1 Å². The third-order valence-corrected chi connectivity index (χ3v) is 3.11. The third-order valence-electron chi connectivity index (χ3n) is 3.11. The van der Waals surface area contributed by atoms with Crippen LogP contribution in [0.25, 0.3) is 0 Å². The first-order valence-corrected chi connectivity index (χ1v) is 6.21. The summed E-state index contributed by atoms with van der Waals surface area (Å²) < 4.78 is 2.12. The van der Waals surface area contributed by atoms with Crippen molar-refractivity contribution in [3.8, 4) is 0 Å². The fraction of sp³-hybridized carbons (Fsp3) is 0.615. The van der Waals surface area contributed by atoms with Crippen LogP contribution in [0.2, 0.25) is 0 Å². The summed E-state index contributed by atoms with van der Waals surface area (Å²) in [6.07, 6.45) is 13.4. The molecule has 88 valence electrons. The summed E-state index contributed by atoms with van der Waals surface area (Å²) >= 11 is 0. The molecule has 0 radical (unpaired) electrons. The second-order valence-electron chi connectivity index (χ2n) is 4.65. The molecule has 0 bridgehead atoms. The Morgan fingerprint density at radius 2 is 2.44 bits per heavy atom. The van der Waals surface area contributed by atoms with E-state index >= 15 is 0 Å². The molecule has 0 fully saturated rings. The second-order valence-corrected chi connectivity index (χ2v) is 4.65. The average molecular weight is 219 g/mol. The SMILES string of the molecule is C[C@H](Cn1ccnc1)NCC1=CCCCC1. The van der Waals surface area contributed by atoms with Crippen LogP contribution < -0.4 is 5.32 Å². The maximum absolute atomic E-state index is 4.05. The van der Waals surface area contributed by atoms with Crippen LogP contribution in [-0.4, -0.2) is 22.1 Å².